The molecule has 4 nitrogen and oxygen atoms in total. The minimum atomic E-state index is -0.317. The van der Waals surface area contributed by atoms with Gasteiger partial charge in [-0.05, 0) is 42.4 Å². The number of amides is 1. The Morgan fingerprint density at radius 2 is 2.05 bits per heavy atom. The molecule has 0 spiro atoms. The number of ether oxygens (including phenoxy) is 1. The third-order valence-corrected chi connectivity index (χ3v) is 5.70. The maximum absolute atomic E-state index is 12.6. The number of carbonyl (C=O) groups excluding carboxylic acids is 1. The smallest absolute Gasteiger partial charge is 0.253 e. The van der Waals surface area contributed by atoms with Crippen LogP contribution in [0.15, 0.2) is 18.2 Å². The fourth-order valence-corrected chi connectivity index (χ4v) is 3.60. The van der Waals surface area contributed by atoms with Crippen LogP contribution in [-0.4, -0.2) is 34.9 Å². The van der Waals surface area contributed by atoms with Crippen LogP contribution in [0, 0.1) is 11.3 Å². The van der Waals surface area contributed by atoms with Gasteiger partial charge >= 0.3 is 0 Å². The highest BCUT2D eigenvalue weighted by molar-refractivity contribution is 8.00. The first-order chi connectivity index (χ1) is 10.2. The highest BCUT2D eigenvalue weighted by atomic mass is 32.2. The van der Waals surface area contributed by atoms with E-state index >= 15 is 0 Å². The van der Waals surface area contributed by atoms with Gasteiger partial charge in [0.05, 0.1) is 19.3 Å². The van der Waals surface area contributed by atoms with Crippen LogP contribution in [0.3, 0.4) is 0 Å². The fraction of sp³-hybridized carbons (Fsp3) is 0.500. The van der Waals surface area contributed by atoms with Crippen LogP contribution in [-0.2, 0) is 18.0 Å². The quantitative estimate of drug-likeness (QED) is 0.842. The van der Waals surface area contributed by atoms with E-state index in [1.165, 1.54) is 5.56 Å². The van der Waals surface area contributed by atoms with Gasteiger partial charge in [0.15, 0.2) is 0 Å². The van der Waals surface area contributed by atoms with Gasteiger partial charge in [-0.2, -0.15) is 5.26 Å². The molecular weight excluding hydrogens is 284 g/mol. The Morgan fingerprint density at radius 3 is 2.71 bits per heavy atom. The average Bonchev–Trinajstić information content (AvgIpc) is 3.02. The maximum Gasteiger partial charge on any atom is 0.253 e. The van der Waals surface area contributed by atoms with Crippen molar-refractivity contribution in [2.75, 3.05) is 19.3 Å². The molecular formula is C16H18N2O2S. The van der Waals surface area contributed by atoms with Crippen molar-refractivity contribution in [3.8, 4) is 6.07 Å². The molecule has 21 heavy (non-hydrogen) atoms. The second-order valence-electron chi connectivity index (χ2n) is 5.58. The molecule has 0 radical (unpaired) electrons. The predicted octanol–water partition coefficient (Wildman–Crippen LogP) is 2.58. The van der Waals surface area contributed by atoms with Gasteiger partial charge < -0.3 is 9.64 Å². The van der Waals surface area contributed by atoms with Gasteiger partial charge in [-0.15, -0.1) is 11.8 Å². The zero-order chi connectivity index (χ0) is 14.9. The largest absolute Gasteiger partial charge is 0.372 e. The van der Waals surface area contributed by atoms with E-state index in [2.05, 4.69) is 6.07 Å². The molecule has 0 aliphatic carbocycles. The van der Waals surface area contributed by atoms with Crippen molar-refractivity contribution in [2.24, 2.45) is 0 Å². The summed E-state index contributed by atoms with van der Waals surface area (Å²) >= 11 is 1.60. The second-order valence-corrected chi connectivity index (χ2v) is 6.77. The summed E-state index contributed by atoms with van der Waals surface area (Å²) in [5.41, 5.74) is 3.03. The summed E-state index contributed by atoms with van der Waals surface area (Å²) in [5.74, 6) is 0.0670. The average molecular weight is 302 g/mol. The van der Waals surface area contributed by atoms with Crippen molar-refractivity contribution >= 4 is 17.7 Å². The van der Waals surface area contributed by atoms with Crippen molar-refractivity contribution < 1.29 is 9.53 Å². The van der Waals surface area contributed by atoms with E-state index in [1.807, 2.05) is 29.4 Å². The van der Waals surface area contributed by atoms with Crippen LogP contribution in [0.2, 0.25) is 0 Å². The minimum absolute atomic E-state index is 0.0670. The predicted molar refractivity (Wildman–Crippen MR) is 81.9 cm³/mol. The Labute approximate surface area is 129 Å². The lowest BCUT2D eigenvalue weighted by atomic mass is 9.96. The van der Waals surface area contributed by atoms with Crippen LogP contribution >= 0.6 is 11.8 Å². The van der Waals surface area contributed by atoms with Crippen LogP contribution in [0.1, 0.15) is 34.3 Å². The molecule has 1 aromatic rings. The number of benzene rings is 1. The molecule has 1 amide bonds. The van der Waals surface area contributed by atoms with E-state index in [9.17, 15) is 10.1 Å². The molecule has 110 valence electrons. The molecule has 5 heteroatoms. The Hall–Kier alpha value is -1.51. The summed E-state index contributed by atoms with van der Waals surface area (Å²) in [5, 5.41) is 9.30. The van der Waals surface area contributed by atoms with Gasteiger partial charge in [0.2, 0.25) is 0 Å². The van der Waals surface area contributed by atoms with Gasteiger partial charge in [0.25, 0.3) is 5.91 Å². The fourth-order valence-electron chi connectivity index (χ4n) is 2.92. The van der Waals surface area contributed by atoms with E-state index in [0.717, 1.165) is 24.0 Å². The van der Waals surface area contributed by atoms with Crippen LogP contribution in [0.5, 0.6) is 0 Å². The summed E-state index contributed by atoms with van der Waals surface area (Å²) in [6.45, 7) is 2.55. The first-order valence-electron chi connectivity index (χ1n) is 7.13. The highest BCUT2D eigenvalue weighted by Gasteiger charge is 2.35. The highest BCUT2D eigenvalue weighted by Crippen LogP contribution is 2.34. The van der Waals surface area contributed by atoms with E-state index in [4.69, 9.17) is 4.74 Å². The van der Waals surface area contributed by atoms with Crippen molar-refractivity contribution in [2.45, 2.75) is 30.8 Å². The molecule has 0 unspecified atom stereocenters. The van der Waals surface area contributed by atoms with Crippen molar-refractivity contribution in [3.05, 3.63) is 34.9 Å². The van der Waals surface area contributed by atoms with E-state index in [-0.39, 0.29) is 10.7 Å². The van der Waals surface area contributed by atoms with Crippen molar-refractivity contribution in [3.63, 3.8) is 0 Å². The van der Waals surface area contributed by atoms with E-state index < -0.39 is 0 Å². The first kappa shape index (κ1) is 14.4. The molecule has 1 aromatic carbocycles. The Kier molecular flexibility index (Phi) is 3.92. The number of piperidine rings is 1. The molecule has 3 rings (SSSR count). The van der Waals surface area contributed by atoms with Crippen molar-refractivity contribution in [1.29, 1.82) is 5.26 Å². The topological polar surface area (TPSA) is 53.3 Å². The van der Waals surface area contributed by atoms with Gasteiger partial charge in [-0.25, -0.2) is 0 Å². The number of likely N-dealkylation sites (tertiary alicyclic amines) is 1. The Balaban J connectivity index is 1.71. The minimum Gasteiger partial charge on any atom is -0.372 e. The number of rotatable bonds is 2. The molecule has 0 bridgehead atoms. The number of fused-ring (bicyclic) bond motifs is 1. The zero-order valence-electron chi connectivity index (χ0n) is 12.1. The second kappa shape index (κ2) is 5.70. The number of carbonyl (C=O) groups is 1. The van der Waals surface area contributed by atoms with E-state index in [0.29, 0.717) is 26.3 Å². The standard InChI is InChI=1S/C16H18N2O2S/c1-21-16(11-17)4-6-18(7-5-16)15(19)12-2-3-13-9-20-10-14(13)8-12/h2-3,8H,4-7,9-10H2,1H3. The monoisotopic (exact) mass is 302 g/mol. The lowest BCUT2D eigenvalue weighted by Gasteiger charge is -2.36. The van der Waals surface area contributed by atoms with Gasteiger partial charge in [-0.3, -0.25) is 4.79 Å². The summed E-state index contributed by atoms with van der Waals surface area (Å²) in [6.07, 6.45) is 3.45. The molecule has 2 aliphatic heterocycles. The number of nitriles is 1. The molecule has 0 atom stereocenters. The van der Waals surface area contributed by atoms with Crippen LogP contribution in [0.4, 0.5) is 0 Å². The maximum atomic E-state index is 12.6. The molecule has 0 N–H and O–H groups in total. The zero-order valence-corrected chi connectivity index (χ0v) is 12.9. The van der Waals surface area contributed by atoms with Gasteiger partial charge in [-0.1, -0.05) is 6.07 Å². The molecule has 1 fully saturated rings. The molecule has 2 heterocycles. The summed E-state index contributed by atoms with van der Waals surface area (Å²) in [7, 11) is 0. The molecule has 1 saturated heterocycles. The van der Waals surface area contributed by atoms with Crippen LogP contribution in [0.25, 0.3) is 0 Å². The Bertz CT molecular complexity index is 601. The first-order valence-corrected chi connectivity index (χ1v) is 8.35. The summed E-state index contributed by atoms with van der Waals surface area (Å²) in [6, 6.07) is 8.23. The number of nitrogens with zero attached hydrogens (tertiary/aromatic N) is 2. The van der Waals surface area contributed by atoms with Gasteiger partial charge in [0, 0.05) is 18.7 Å². The third kappa shape index (κ3) is 2.66. The normalized spacial score (nSPS) is 19.9. The van der Waals surface area contributed by atoms with Crippen LogP contribution < -0.4 is 0 Å². The Morgan fingerprint density at radius 1 is 1.33 bits per heavy atom. The number of hydrogen-bond acceptors (Lipinski definition) is 4. The molecule has 2 aliphatic rings. The molecule has 0 saturated carbocycles. The summed E-state index contributed by atoms with van der Waals surface area (Å²) in [4.78, 5) is 14.4. The SMILES string of the molecule is CSC1(C#N)CCN(C(=O)c2ccc3c(c2)COC3)CC1. The number of hydrogen-bond donors (Lipinski definition) is 0. The van der Waals surface area contributed by atoms with Crippen molar-refractivity contribution in [1.82, 2.24) is 4.90 Å². The lowest BCUT2D eigenvalue weighted by molar-refractivity contribution is 0.0716. The lowest BCUT2D eigenvalue weighted by Crippen LogP contribution is -2.44. The third-order valence-electron chi connectivity index (χ3n) is 4.42. The van der Waals surface area contributed by atoms with E-state index in [1.54, 1.807) is 11.8 Å². The summed E-state index contributed by atoms with van der Waals surface area (Å²) < 4.78 is 5.07. The molecule has 0 aromatic heterocycles. The van der Waals surface area contributed by atoms with Gasteiger partial charge in [0.1, 0.15) is 4.75 Å². The number of thioether (sulfide) groups is 1.